The van der Waals surface area contributed by atoms with E-state index in [1.807, 2.05) is 0 Å². The van der Waals surface area contributed by atoms with E-state index in [0.717, 1.165) is 30.6 Å². The molecule has 0 saturated heterocycles. The molecule has 0 amide bonds. The first-order valence-corrected chi connectivity index (χ1v) is 8.04. The molecule has 2 N–H and O–H groups in total. The minimum Gasteiger partial charge on any atom is -0.225 e. The second-order valence-corrected chi connectivity index (χ2v) is 6.87. The zero-order chi connectivity index (χ0) is 12.2. The minimum absolute atomic E-state index is 0.213. The fraction of sp³-hybridized carbons (Fsp3) is 0.600. The quantitative estimate of drug-likeness (QED) is 0.815. The van der Waals surface area contributed by atoms with Gasteiger partial charge in [0.05, 0.1) is 4.90 Å². The van der Waals surface area contributed by atoms with Gasteiger partial charge >= 0.3 is 0 Å². The van der Waals surface area contributed by atoms with Crippen molar-refractivity contribution in [3.05, 3.63) is 16.3 Å². The topological polar surface area (TPSA) is 60.2 Å². The molecule has 0 fully saturated rings. The van der Waals surface area contributed by atoms with E-state index in [0.29, 0.717) is 0 Å². The SMILES string of the molecule is CCC(Cl)CCCc1cc(S(N)(=O)=O)cs1. The van der Waals surface area contributed by atoms with E-state index < -0.39 is 10.0 Å². The zero-order valence-corrected chi connectivity index (χ0v) is 11.5. The van der Waals surface area contributed by atoms with Gasteiger partial charge < -0.3 is 0 Å². The van der Waals surface area contributed by atoms with Crippen LogP contribution in [0.2, 0.25) is 0 Å². The van der Waals surface area contributed by atoms with E-state index in [2.05, 4.69) is 6.92 Å². The highest BCUT2D eigenvalue weighted by Gasteiger charge is 2.10. The predicted molar refractivity (Wildman–Crippen MR) is 68.6 cm³/mol. The summed E-state index contributed by atoms with van der Waals surface area (Å²) in [7, 11) is -3.54. The number of sulfonamides is 1. The first kappa shape index (κ1) is 14.0. The minimum atomic E-state index is -3.54. The van der Waals surface area contributed by atoms with E-state index in [9.17, 15) is 8.42 Å². The molecule has 0 saturated carbocycles. The van der Waals surface area contributed by atoms with Crippen molar-refractivity contribution in [1.82, 2.24) is 0 Å². The number of nitrogens with two attached hydrogens (primary N) is 1. The molecule has 16 heavy (non-hydrogen) atoms. The molecule has 0 aliphatic carbocycles. The van der Waals surface area contributed by atoms with Gasteiger partial charge in [-0.15, -0.1) is 22.9 Å². The van der Waals surface area contributed by atoms with Gasteiger partial charge in [-0.25, -0.2) is 13.6 Å². The highest BCUT2D eigenvalue weighted by Crippen LogP contribution is 2.21. The van der Waals surface area contributed by atoms with Crippen molar-refractivity contribution in [3.8, 4) is 0 Å². The third kappa shape index (κ3) is 4.41. The number of thiophene rings is 1. The molecule has 1 aromatic rings. The average molecular weight is 282 g/mol. The van der Waals surface area contributed by atoms with Crippen molar-refractivity contribution in [3.63, 3.8) is 0 Å². The molecule has 1 heterocycles. The number of hydrogen-bond acceptors (Lipinski definition) is 3. The van der Waals surface area contributed by atoms with Gasteiger partial charge in [0.2, 0.25) is 10.0 Å². The number of alkyl halides is 1. The van der Waals surface area contributed by atoms with Crippen molar-refractivity contribution in [1.29, 1.82) is 0 Å². The van der Waals surface area contributed by atoms with Crippen LogP contribution in [-0.4, -0.2) is 13.8 Å². The Labute approximate surface area is 106 Å². The van der Waals surface area contributed by atoms with Crippen molar-refractivity contribution >= 4 is 33.0 Å². The maximum atomic E-state index is 11.0. The van der Waals surface area contributed by atoms with Crippen LogP contribution >= 0.6 is 22.9 Å². The van der Waals surface area contributed by atoms with E-state index in [-0.39, 0.29) is 10.3 Å². The van der Waals surface area contributed by atoms with Crippen LogP contribution in [0.25, 0.3) is 0 Å². The van der Waals surface area contributed by atoms with E-state index in [4.69, 9.17) is 16.7 Å². The molecule has 6 heteroatoms. The second kappa shape index (κ2) is 6.00. The summed E-state index contributed by atoms with van der Waals surface area (Å²) in [6.07, 6.45) is 3.77. The van der Waals surface area contributed by atoms with Crippen LogP contribution < -0.4 is 5.14 Å². The molecule has 0 bridgehead atoms. The molecule has 0 aromatic carbocycles. The standard InChI is InChI=1S/C10H16ClNO2S2/c1-2-8(11)4-3-5-9-6-10(7-15-9)16(12,13)14/h6-8H,2-5H2,1H3,(H2,12,13,14). The van der Waals surface area contributed by atoms with Gasteiger partial charge in [0.15, 0.2) is 0 Å². The molecule has 1 unspecified atom stereocenters. The molecule has 3 nitrogen and oxygen atoms in total. The summed E-state index contributed by atoms with van der Waals surface area (Å²) in [5.41, 5.74) is 0. The Kier molecular flexibility index (Phi) is 5.24. The van der Waals surface area contributed by atoms with Crippen LogP contribution in [0.3, 0.4) is 0 Å². The van der Waals surface area contributed by atoms with Crippen LogP contribution in [-0.2, 0) is 16.4 Å². The Morgan fingerprint density at radius 2 is 2.25 bits per heavy atom. The summed E-state index contributed by atoms with van der Waals surface area (Å²) < 4.78 is 22.1. The fourth-order valence-electron chi connectivity index (χ4n) is 1.34. The Balaban J connectivity index is 2.47. The molecule has 1 rings (SSSR count). The van der Waals surface area contributed by atoms with Gasteiger partial charge in [-0.05, 0) is 31.7 Å². The van der Waals surface area contributed by atoms with Crippen molar-refractivity contribution in [2.45, 2.75) is 42.9 Å². The lowest BCUT2D eigenvalue weighted by molar-refractivity contribution is 0.598. The lowest BCUT2D eigenvalue weighted by atomic mass is 10.1. The first-order chi connectivity index (χ1) is 7.43. The van der Waals surface area contributed by atoms with Crippen LogP contribution in [0.4, 0.5) is 0 Å². The Hall–Kier alpha value is -0.100. The fourth-order valence-corrected chi connectivity index (χ4v) is 3.35. The molecule has 0 aliphatic rings. The van der Waals surface area contributed by atoms with E-state index in [1.54, 1.807) is 11.4 Å². The van der Waals surface area contributed by atoms with Crippen LogP contribution in [0.15, 0.2) is 16.3 Å². The second-order valence-electron chi connectivity index (χ2n) is 3.69. The lowest BCUT2D eigenvalue weighted by Gasteiger charge is -2.04. The Morgan fingerprint density at radius 1 is 1.56 bits per heavy atom. The third-order valence-corrected chi connectivity index (χ3v) is 4.91. The molecular formula is C10H16ClNO2S2. The summed E-state index contributed by atoms with van der Waals surface area (Å²) in [5, 5.41) is 6.83. The summed E-state index contributed by atoms with van der Waals surface area (Å²) in [5.74, 6) is 0. The molecule has 1 atom stereocenters. The van der Waals surface area contributed by atoms with Gasteiger partial charge in [-0.1, -0.05) is 6.92 Å². The van der Waals surface area contributed by atoms with Gasteiger partial charge in [-0.2, -0.15) is 0 Å². The normalized spacial score (nSPS) is 13.9. The number of rotatable bonds is 6. The number of aryl methyl sites for hydroxylation is 1. The Bertz CT molecular complexity index is 428. The van der Waals surface area contributed by atoms with E-state index >= 15 is 0 Å². The highest BCUT2D eigenvalue weighted by atomic mass is 35.5. The van der Waals surface area contributed by atoms with Crippen molar-refractivity contribution in [2.75, 3.05) is 0 Å². The lowest BCUT2D eigenvalue weighted by Crippen LogP contribution is -2.10. The highest BCUT2D eigenvalue weighted by molar-refractivity contribution is 7.89. The molecule has 0 radical (unpaired) electrons. The van der Waals surface area contributed by atoms with Crippen molar-refractivity contribution in [2.24, 2.45) is 5.14 Å². The summed E-state index contributed by atoms with van der Waals surface area (Å²) in [6, 6.07) is 1.65. The summed E-state index contributed by atoms with van der Waals surface area (Å²) in [6.45, 7) is 2.06. The zero-order valence-electron chi connectivity index (χ0n) is 9.15. The summed E-state index contributed by atoms with van der Waals surface area (Å²) >= 11 is 7.43. The molecular weight excluding hydrogens is 266 g/mol. The smallest absolute Gasteiger partial charge is 0.225 e. The number of primary sulfonamides is 1. The molecule has 0 aliphatic heterocycles. The maximum Gasteiger partial charge on any atom is 0.238 e. The average Bonchev–Trinajstić information content (AvgIpc) is 2.65. The van der Waals surface area contributed by atoms with Gasteiger partial charge in [-0.3, -0.25) is 0 Å². The predicted octanol–water partition coefficient (Wildman–Crippen LogP) is 2.74. The maximum absolute atomic E-state index is 11.0. The van der Waals surface area contributed by atoms with Crippen LogP contribution in [0.5, 0.6) is 0 Å². The van der Waals surface area contributed by atoms with Gasteiger partial charge in [0.25, 0.3) is 0 Å². The monoisotopic (exact) mass is 281 g/mol. The van der Waals surface area contributed by atoms with Gasteiger partial charge in [0.1, 0.15) is 0 Å². The van der Waals surface area contributed by atoms with Gasteiger partial charge in [0, 0.05) is 15.6 Å². The number of hydrogen-bond donors (Lipinski definition) is 1. The molecule has 92 valence electrons. The molecule has 0 spiro atoms. The van der Waals surface area contributed by atoms with Crippen LogP contribution in [0, 0.1) is 0 Å². The van der Waals surface area contributed by atoms with Crippen LogP contribution in [0.1, 0.15) is 31.1 Å². The van der Waals surface area contributed by atoms with Crippen molar-refractivity contribution < 1.29 is 8.42 Å². The number of halogens is 1. The largest absolute Gasteiger partial charge is 0.238 e. The van der Waals surface area contributed by atoms with E-state index in [1.165, 1.54) is 11.3 Å². The molecule has 1 aromatic heterocycles. The first-order valence-electron chi connectivity index (χ1n) is 5.17. The summed E-state index contributed by atoms with van der Waals surface area (Å²) in [4.78, 5) is 1.26. The third-order valence-electron chi connectivity index (χ3n) is 2.34. The Morgan fingerprint density at radius 3 is 2.75 bits per heavy atom.